The summed E-state index contributed by atoms with van der Waals surface area (Å²) in [5.74, 6) is -1.64. The van der Waals surface area contributed by atoms with Crippen LogP contribution in [-0.4, -0.2) is 42.9 Å². The molecule has 1 heterocycles. The highest BCUT2D eigenvalue weighted by atomic mass is 32.2. The van der Waals surface area contributed by atoms with Crippen molar-refractivity contribution in [3.05, 3.63) is 120 Å². The zero-order valence-electron chi connectivity index (χ0n) is 29.2. The summed E-state index contributed by atoms with van der Waals surface area (Å²) < 4.78 is 37.3. The number of thioether (sulfide) groups is 1. The van der Waals surface area contributed by atoms with Crippen molar-refractivity contribution in [1.82, 2.24) is 5.32 Å². The Kier molecular flexibility index (Phi) is 10.8. The number of amides is 2. The second kappa shape index (κ2) is 14.9. The molecule has 1 N–H and O–H groups in total. The number of nitrogens with zero attached hydrogens (tertiary/aromatic N) is 1. The Hall–Kier alpha value is -5.36. The number of alkyl carbamates (subject to hydrolysis) is 1. The fourth-order valence-corrected chi connectivity index (χ4v) is 6.76. The molecule has 0 radical (unpaired) electrons. The van der Waals surface area contributed by atoms with Crippen LogP contribution in [0.5, 0.6) is 11.5 Å². The molecule has 0 bridgehead atoms. The number of hydrogen-bond donors (Lipinski definition) is 1. The molecule has 2 atom stereocenters. The number of carbonyl (C=O) groups excluding carboxylic acids is 4. The normalized spacial score (nSPS) is 16.5. The maximum absolute atomic E-state index is 15.3. The molecule has 1 aliphatic rings. The lowest BCUT2D eigenvalue weighted by molar-refractivity contribution is -0.167. The van der Waals surface area contributed by atoms with Gasteiger partial charge < -0.3 is 29.2 Å². The SMILES string of the molecule is COc1ccc(COC(=O)C(C)(C(=O)Sc2ccc(OC)cc2)C2(NC(=O)OC(C)(C)C)C(=O)N(Cc3ccccc3)c3ccc(F)cc32)cc1. The van der Waals surface area contributed by atoms with Gasteiger partial charge in [-0.25, -0.2) is 9.18 Å². The second-order valence-electron chi connectivity index (χ2n) is 13.0. The van der Waals surface area contributed by atoms with Crippen molar-refractivity contribution in [1.29, 1.82) is 0 Å². The molecule has 12 heteroatoms. The van der Waals surface area contributed by atoms with Crippen LogP contribution in [0, 0.1) is 11.2 Å². The number of carbonyl (C=O) groups is 4. The highest BCUT2D eigenvalue weighted by Crippen LogP contribution is 2.54. The van der Waals surface area contributed by atoms with E-state index in [1.807, 2.05) is 6.07 Å². The third-order valence-corrected chi connectivity index (χ3v) is 9.56. The lowest BCUT2D eigenvalue weighted by atomic mass is 9.67. The first-order chi connectivity index (χ1) is 24.2. The third-order valence-electron chi connectivity index (χ3n) is 8.46. The smallest absolute Gasteiger partial charge is 0.408 e. The monoisotopic (exact) mass is 714 g/mol. The van der Waals surface area contributed by atoms with Crippen LogP contribution in [0.1, 0.15) is 44.4 Å². The van der Waals surface area contributed by atoms with Crippen molar-refractivity contribution in [2.75, 3.05) is 19.1 Å². The topological polar surface area (TPSA) is 120 Å². The quantitative estimate of drug-likeness (QED) is 0.0979. The number of benzene rings is 4. The van der Waals surface area contributed by atoms with Crippen LogP contribution < -0.4 is 19.7 Å². The predicted octanol–water partition coefficient (Wildman–Crippen LogP) is 7.18. The summed E-state index contributed by atoms with van der Waals surface area (Å²) in [6.45, 7) is 5.79. The second-order valence-corrected chi connectivity index (χ2v) is 14.1. The van der Waals surface area contributed by atoms with Crippen LogP contribution in [0.2, 0.25) is 0 Å². The minimum absolute atomic E-state index is 0.0210. The van der Waals surface area contributed by atoms with E-state index in [9.17, 15) is 14.4 Å². The molecule has 0 fully saturated rings. The molecule has 0 spiro atoms. The van der Waals surface area contributed by atoms with Crippen molar-refractivity contribution in [2.45, 2.75) is 56.9 Å². The maximum Gasteiger partial charge on any atom is 0.408 e. The van der Waals surface area contributed by atoms with Gasteiger partial charge in [-0.15, -0.1) is 0 Å². The Morgan fingerprint density at radius 3 is 2.02 bits per heavy atom. The Morgan fingerprint density at radius 1 is 0.824 bits per heavy atom. The molecular weight excluding hydrogens is 676 g/mol. The molecule has 51 heavy (non-hydrogen) atoms. The van der Waals surface area contributed by atoms with E-state index in [4.69, 9.17) is 18.9 Å². The molecule has 0 saturated carbocycles. The van der Waals surface area contributed by atoms with Gasteiger partial charge in [0.2, 0.25) is 5.12 Å². The average Bonchev–Trinajstić information content (AvgIpc) is 3.33. The molecule has 4 aromatic rings. The number of anilines is 1. The lowest BCUT2D eigenvalue weighted by Crippen LogP contribution is -2.67. The summed E-state index contributed by atoms with van der Waals surface area (Å²) in [5, 5.41) is 1.77. The van der Waals surface area contributed by atoms with Gasteiger partial charge in [0, 0.05) is 10.5 Å². The molecule has 0 aliphatic carbocycles. The minimum atomic E-state index is -2.53. The van der Waals surface area contributed by atoms with Crippen molar-refractivity contribution < 1.29 is 42.5 Å². The van der Waals surface area contributed by atoms with Crippen LogP contribution in [0.15, 0.2) is 102 Å². The van der Waals surface area contributed by atoms with E-state index in [2.05, 4.69) is 5.32 Å². The third kappa shape index (κ3) is 7.56. The number of fused-ring (bicyclic) bond motifs is 1. The van der Waals surface area contributed by atoms with Crippen LogP contribution in [-0.2, 0) is 42.5 Å². The zero-order valence-corrected chi connectivity index (χ0v) is 30.0. The Morgan fingerprint density at radius 2 is 1.43 bits per heavy atom. The lowest BCUT2D eigenvalue weighted by Gasteiger charge is -2.42. The maximum atomic E-state index is 15.3. The van der Waals surface area contributed by atoms with Gasteiger partial charge in [-0.05, 0) is 93.4 Å². The molecule has 1 aliphatic heterocycles. The summed E-state index contributed by atoms with van der Waals surface area (Å²) in [6, 6.07) is 25.8. The van der Waals surface area contributed by atoms with Crippen LogP contribution in [0.25, 0.3) is 0 Å². The molecule has 2 unspecified atom stereocenters. The number of ether oxygens (including phenoxy) is 4. The average molecular weight is 715 g/mol. The molecule has 0 saturated heterocycles. The van der Waals surface area contributed by atoms with Crippen molar-refractivity contribution in [3.63, 3.8) is 0 Å². The van der Waals surface area contributed by atoms with E-state index in [-0.39, 0.29) is 24.4 Å². The largest absolute Gasteiger partial charge is 0.497 e. The Bertz CT molecular complexity index is 1910. The summed E-state index contributed by atoms with van der Waals surface area (Å²) in [5.41, 5.74) is -4.74. The van der Waals surface area contributed by atoms with E-state index in [0.717, 1.165) is 6.07 Å². The van der Waals surface area contributed by atoms with Crippen molar-refractivity contribution in [2.24, 2.45) is 5.41 Å². The first-order valence-corrected chi connectivity index (χ1v) is 16.9. The van der Waals surface area contributed by atoms with Crippen molar-refractivity contribution in [3.8, 4) is 11.5 Å². The molecule has 2 amide bonds. The standard InChI is InChI=1S/C39H39FN2O8S/c1-37(2,3)50-36(46)41-39(31-22-27(40)14-21-32(31)42(33(39)43)23-25-10-8-7-9-11-25)38(4,35(45)51-30-19-17-29(48-6)18-20-30)34(44)49-24-26-12-15-28(47-5)16-13-26/h7-22H,23-24H2,1-6H3,(H,41,46). The van der Waals surface area contributed by atoms with Gasteiger partial charge in [0.15, 0.2) is 11.0 Å². The summed E-state index contributed by atoms with van der Waals surface area (Å²) in [7, 11) is 3.02. The molecule has 10 nitrogen and oxygen atoms in total. The molecule has 266 valence electrons. The summed E-state index contributed by atoms with van der Waals surface area (Å²) in [4.78, 5) is 60.2. The zero-order chi connectivity index (χ0) is 37.0. The Labute approximate surface area is 300 Å². The highest BCUT2D eigenvalue weighted by molar-refractivity contribution is 8.13. The van der Waals surface area contributed by atoms with E-state index >= 15 is 9.18 Å². The predicted molar refractivity (Wildman–Crippen MR) is 190 cm³/mol. The van der Waals surface area contributed by atoms with Crippen molar-refractivity contribution >= 4 is 40.5 Å². The van der Waals surface area contributed by atoms with Gasteiger partial charge in [0.05, 0.1) is 26.5 Å². The summed E-state index contributed by atoms with van der Waals surface area (Å²) in [6.07, 6.45) is -1.11. The number of methoxy groups -OCH3 is 2. The number of esters is 1. The number of hydrogen-bond acceptors (Lipinski definition) is 9. The van der Waals surface area contributed by atoms with E-state index in [1.165, 1.54) is 38.2 Å². The van der Waals surface area contributed by atoms with E-state index in [0.29, 0.717) is 39.3 Å². The number of halogens is 1. The van der Waals surface area contributed by atoms with Gasteiger partial charge in [-0.1, -0.05) is 54.2 Å². The molecule has 5 rings (SSSR count). The fraction of sp³-hybridized carbons (Fsp3) is 0.282. The highest BCUT2D eigenvalue weighted by Gasteiger charge is 2.70. The fourth-order valence-electron chi connectivity index (χ4n) is 5.84. The summed E-state index contributed by atoms with van der Waals surface area (Å²) >= 11 is 0.668. The van der Waals surface area contributed by atoms with Crippen LogP contribution >= 0.6 is 11.8 Å². The van der Waals surface area contributed by atoms with Gasteiger partial charge in [0.25, 0.3) is 5.91 Å². The van der Waals surface area contributed by atoms with Crippen LogP contribution in [0.3, 0.4) is 0 Å². The van der Waals surface area contributed by atoms with Gasteiger partial charge in [-0.3, -0.25) is 14.4 Å². The molecule has 4 aromatic carbocycles. The number of nitrogens with one attached hydrogen (secondary N) is 1. The molecule has 0 aromatic heterocycles. The van der Waals surface area contributed by atoms with Gasteiger partial charge in [-0.2, -0.15) is 0 Å². The van der Waals surface area contributed by atoms with Crippen LogP contribution in [0.4, 0.5) is 14.9 Å². The Balaban J connectivity index is 1.71. The van der Waals surface area contributed by atoms with Gasteiger partial charge >= 0.3 is 12.1 Å². The first-order valence-electron chi connectivity index (χ1n) is 16.1. The van der Waals surface area contributed by atoms with E-state index < -0.39 is 45.5 Å². The number of rotatable bonds is 11. The van der Waals surface area contributed by atoms with Gasteiger partial charge in [0.1, 0.15) is 29.5 Å². The minimum Gasteiger partial charge on any atom is -0.497 e. The van der Waals surface area contributed by atoms with E-state index in [1.54, 1.807) is 93.6 Å². The first kappa shape index (κ1) is 36.9. The molecular formula is C39H39FN2O8S.